The summed E-state index contributed by atoms with van der Waals surface area (Å²) in [4.78, 5) is 10.3. The van der Waals surface area contributed by atoms with E-state index in [2.05, 4.69) is 4.74 Å². The topological polar surface area (TPSA) is 46.5 Å². The van der Waals surface area contributed by atoms with E-state index in [1.54, 1.807) is 0 Å². The molecule has 0 heterocycles. The number of aliphatic carboxylic acids is 1. The Bertz CT molecular complexity index is 418. The molecule has 0 aliphatic heterocycles. The first-order chi connectivity index (χ1) is 7.78. The van der Waals surface area contributed by atoms with E-state index in [-0.39, 0.29) is 23.4 Å². The molecule has 94 valence electrons. The third-order valence-electron chi connectivity index (χ3n) is 1.86. The Kier molecular flexibility index (Phi) is 4.22. The lowest BCUT2D eigenvalue weighted by Crippen LogP contribution is -2.18. The molecule has 3 nitrogen and oxygen atoms in total. The molecular weight excluding hydrogens is 261 g/mol. The second-order valence-corrected chi connectivity index (χ2v) is 3.63. The number of carboxylic acids is 1. The summed E-state index contributed by atoms with van der Waals surface area (Å²) in [6.45, 7) is 0. The zero-order valence-corrected chi connectivity index (χ0v) is 9.18. The van der Waals surface area contributed by atoms with Crippen molar-refractivity contribution in [1.82, 2.24) is 0 Å². The molecule has 1 rings (SSSR count). The fourth-order valence-corrected chi connectivity index (χ4v) is 1.36. The molecule has 0 radical (unpaired) electrons. The maximum absolute atomic E-state index is 12.1. The first kappa shape index (κ1) is 13.6. The van der Waals surface area contributed by atoms with Crippen molar-refractivity contribution < 1.29 is 27.8 Å². The van der Waals surface area contributed by atoms with E-state index in [0.717, 1.165) is 6.07 Å². The number of benzene rings is 1. The van der Waals surface area contributed by atoms with Gasteiger partial charge in [-0.2, -0.15) is 0 Å². The second kappa shape index (κ2) is 5.27. The maximum Gasteiger partial charge on any atom is 0.573 e. The summed E-state index contributed by atoms with van der Waals surface area (Å²) in [6, 6.07) is 3.69. The average Bonchev–Trinajstić information content (AvgIpc) is 2.13. The summed E-state index contributed by atoms with van der Waals surface area (Å²) in [6.07, 6.45) is -5.17. The summed E-state index contributed by atoms with van der Waals surface area (Å²) >= 11 is 5.54. The minimum Gasteiger partial charge on any atom is -0.481 e. The third-order valence-corrected chi connectivity index (χ3v) is 2.10. The number of carbonyl (C=O) groups is 1. The molecule has 0 fully saturated rings. The van der Waals surface area contributed by atoms with E-state index in [1.807, 2.05) is 0 Å². The summed E-state index contributed by atoms with van der Waals surface area (Å²) in [5.74, 6) is -1.57. The maximum atomic E-state index is 12.1. The van der Waals surface area contributed by atoms with Crippen LogP contribution in [0, 0.1) is 0 Å². The Morgan fingerprint density at radius 1 is 1.41 bits per heavy atom. The van der Waals surface area contributed by atoms with E-state index in [1.165, 1.54) is 12.1 Å². The van der Waals surface area contributed by atoms with Gasteiger partial charge in [-0.1, -0.05) is 17.7 Å². The van der Waals surface area contributed by atoms with Crippen LogP contribution in [0.3, 0.4) is 0 Å². The van der Waals surface area contributed by atoms with Crippen molar-refractivity contribution in [2.24, 2.45) is 0 Å². The van der Waals surface area contributed by atoms with Crippen molar-refractivity contribution in [3.63, 3.8) is 0 Å². The Morgan fingerprint density at radius 3 is 2.59 bits per heavy atom. The van der Waals surface area contributed by atoms with Gasteiger partial charge in [-0.15, -0.1) is 13.2 Å². The Balaban J connectivity index is 2.91. The Labute approximate surface area is 99.8 Å². The molecule has 0 aliphatic rings. The number of hydrogen-bond acceptors (Lipinski definition) is 2. The van der Waals surface area contributed by atoms with Gasteiger partial charge in [0.25, 0.3) is 0 Å². The molecule has 0 amide bonds. The highest BCUT2D eigenvalue weighted by Crippen LogP contribution is 2.29. The van der Waals surface area contributed by atoms with Crippen LogP contribution in [0.15, 0.2) is 18.2 Å². The van der Waals surface area contributed by atoms with E-state index in [9.17, 15) is 18.0 Å². The van der Waals surface area contributed by atoms with Gasteiger partial charge in [0.05, 0.1) is 0 Å². The number of rotatable bonds is 4. The van der Waals surface area contributed by atoms with E-state index >= 15 is 0 Å². The van der Waals surface area contributed by atoms with Crippen molar-refractivity contribution in [1.29, 1.82) is 0 Å². The number of aryl methyl sites for hydroxylation is 1. The van der Waals surface area contributed by atoms with E-state index in [0.29, 0.717) is 0 Å². The summed E-state index contributed by atoms with van der Waals surface area (Å²) in [7, 11) is 0. The molecule has 0 saturated heterocycles. The van der Waals surface area contributed by atoms with Crippen molar-refractivity contribution >= 4 is 17.6 Å². The van der Waals surface area contributed by atoms with Crippen molar-refractivity contribution in [2.45, 2.75) is 19.2 Å². The number of ether oxygens (including phenoxy) is 1. The molecule has 7 heteroatoms. The lowest BCUT2D eigenvalue weighted by molar-refractivity contribution is -0.274. The molecule has 0 atom stereocenters. The highest BCUT2D eigenvalue weighted by molar-refractivity contribution is 6.30. The fourth-order valence-electron chi connectivity index (χ4n) is 1.20. The van der Waals surface area contributed by atoms with Gasteiger partial charge in [-0.05, 0) is 24.1 Å². The summed E-state index contributed by atoms with van der Waals surface area (Å²) in [5, 5.41) is 8.55. The molecule has 1 N–H and O–H groups in total. The van der Waals surface area contributed by atoms with Gasteiger partial charge in [-0.3, -0.25) is 4.79 Å². The quantitative estimate of drug-likeness (QED) is 0.912. The molecule has 17 heavy (non-hydrogen) atoms. The minimum absolute atomic E-state index is 0.0576. The van der Waals surface area contributed by atoms with Gasteiger partial charge in [0, 0.05) is 11.4 Å². The van der Waals surface area contributed by atoms with Crippen LogP contribution in [0.25, 0.3) is 0 Å². The summed E-state index contributed by atoms with van der Waals surface area (Å²) < 4.78 is 40.0. The minimum atomic E-state index is -4.83. The molecule has 0 spiro atoms. The van der Waals surface area contributed by atoms with Crippen LogP contribution in [0.4, 0.5) is 13.2 Å². The number of alkyl halides is 3. The van der Waals surface area contributed by atoms with Crippen LogP contribution in [-0.4, -0.2) is 17.4 Å². The number of carboxylic acid groups (broad SMARTS) is 1. The smallest absolute Gasteiger partial charge is 0.481 e. The first-order valence-electron chi connectivity index (χ1n) is 4.54. The Hall–Kier alpha value is -1.43. The monoisotopic (exact) mass is 268 g/mol. The highest BCUT2D eigenvalue weighted by Gasteiger charge is 2.32. The zero-order valence-electron chi connectivity index (χ0n) is 8.42. The van der Waals surface area contributed by atoms with Crippen molar-refractivity contribution in [3.8, 4) is 5.75 Å². The molecule has 1 aromatic carbocycles. The first-order valence-corrected chi connectivity index (χ1v) is 4.92. The lowest BCUT2D eigenvalue weighted by atomic mass is 10.1. The zero-order chi connectivity index (χ0) is 13.1. The lowest BCUT2D eigenvalue weighted by Gasteiger charge is -2.13. The van der Waals surface area contributed by atoms with Gasteiger partial charge in [0.15, 0.2) is 0 Å². The van der Waals surface area contributed by atoms with Gasteiger partial charge >= 0.3 is 12.3 Å². The molecule has 0 bridgehead atoms. The van der Waals surface area contributed by atoms with Gasteiger partial charge in [0.2, 0.25) is 0 Å². The molecular formula is C10H8ClF3O3. The van der Waals surface area contributed by atoms with Crippen LogP contribution < -0.4 is 4.74 Å². The number of halogens is 4. The fraction of sp³-hybridized carbons (Fsp3) is 0.300. The largest absolute Gasteiger partial charge is 0.573 e. The summed E-state index contributed by atoms with van der Waals surface area (Å²) in [5.41, 5.74) is 0.147. The van der Waals surface area contributed by atoms with Crippen LogP contribution in [0.1, 0.15) is 12.0 Å². The predicted molar refractivity (Wildman–Crippen MR) is 54.1 cm³/mol. The molecule has 1 aromatic rings. The van der Waals surface area contributed by atoms with Crippen LogP contribution >= 0.6 is 11.6 Å². The highest BCUT2D eigenvalue weighted by atomic mass is 35.5. The standard InChI is InChI=1S/C10H8ClF3O3/c11-7-3-1-6(2-4-9(15)16)8(5-7)17-10(12,13)14/h1,3,5H,2,4H2,(H,15,16). The number of hydrogen-bond donors (Lipinski definition) is 1. The normalized spacial score (nSPS) is 11.3. The average molecular weight is 269 g/mol. The third kappa shape index (κ3) is 4.95. The SMILES string of the molecule is O=C(O)CCc1ccc(Cl)cc1OC(F)(F)F. The molecule has 0 unspecified atom stereocenters. The van der Waals surface area contributed by atoms with Crippen LogP contribution in [-0.2, 0) is 11.2 Å². The van der Waals surface area contributed by atoms with Crippen LogP contribution in [0.5, 0.6) is 5.75 Å². The van der Waals surface area contributed by atoms with E-state index < -0.39 is 18.1 Å². The van der Waals surface area contributed by atoms with Gasteiger partial charge in [0.1, 0.15) is 5.75 Å². The van der Waals surface area contributed by atoms with Gasteiger partial charge in [-0.25, -0.2) is 0 Å². The Morgan fingerprint density at radius 2 is 2.06 bits per heavy atom. The van der Waals surface area contributed by atoms with Gasteiger partial charge < -0.3 is 9.84 Å². The second-order valence-electron chi connectivity index (χ2n) is 3.19. The molecule has 0 aliphatic carbocycles. The predicted octanol–water partition coefficient (Wildman–Crippen LogP) is 3.26. The van der Waals surface area contributed by atoms with Crippen molar-refractivity contribution in [3.05, 3.63) is 28.8 Å². The van der Waals surface area contributed by atoms with Crippen molar-refractivity contribution in [2.75, 3.05) is 0 Å². The van der Waals surface area contributed by atoms with Crippen LogP contribution in [0.2, 0.25) is 5.02 Å². The molecule has 0 aromatic heterocycles. The molecule has 0 saturated carbocycles. The van der Waals surface area contributed by atoms with E-state index in [4.69, 9.17) is 16.7 Å².